The monoisotopic (exact) mass is 336 g/mol. The first-order valence-electron chi connectivity index (χ1n) is 8.37. The molecular formula is C17H24N2O3S. The summed E-state index contributed by atoms with van der Waals surface area (Å²) in [6, 6.07) is 6.70. The zero-order valence-electron chi connectivity index (χ0n) is 13.6. The van der Waals surface area contributed by atoms with Crippen molar-refractivity contribution in [3.8, 4) is 0 Å². The maximum absolute atomic E-state index is 12.5. The molecule has 0 atom stereocenters. The van der Waals surface area contributed by atoms with Crippen molar-refractivity contribution in [3.05, 3.63) is 29.8 Å². The first-order chi connectivity index (χ1) is 11.0. The smallest absolute Gasteiger partial charge is 0.253 e. The normalized spacial score (nSPS) is 20.0. The van der Waals surface area contributed by atoms with E-state index >= 15 is 0 Å². The van der Waals surface area contributed by atoms with E-state index in [1.165, 1.54) is 17.1 Å². The lowest BCUT2D eigenvalue weighted by molar-refractivity contribution is 0.0735. The van der Waals surface area contributed by atoms with Gasteiger partial charge in [0.2, 0.25) is 10.0 Å². The molecule has 2 fully saturated rings. The van der Waals surface area contributed by atoms with E-state index in [0.29, 0.717) is 24.7 Å². The maximum atomic E-state index is 12.5. The van der Waals surface area contributed by atoms with Crippen LogP contribution in [0, 0.1) is 0 Å². The summed E-state index contributed by atoms with van der Waals surface area (Å²) in [6.07, 6.45) is 6.31. The van der Waals surface area contributed by atoms with Crippen LogP contribution >= 0.6 is 0 Å². The van der Waals surface area contributed by atoms with E-state index in [2.05, 4.69) is 0 Å². The van der Waals surface area contributed by atoms with Crippen molar-refractivity contribution in [2.75, 3.05) is 20.1 Å². The number of carbonyl (C=O) groups excluding carboxylic acids is 1. The standard InChI is InChI=1S/C17H24N2O3S/c1-18(15-6-2-3-7-15)17(20)14-8-10-16(11-9-14)23(21,22)19-12-4-5-13-19/h8-11,15H,2-7,12-13H2,1H3. The van der Waals surface area contributed by atoms with E-state index in [-0.39, 0.29) is 10.8 Å². The second-order valence-corrected chi connectivity index (χ2v) is 8.43. The van der Waals surface area contributed by atoms with Gasteiger partial charge in [0, 0.05) is 31.7 Å². The predicted octanol–water partition coefficient (Wildman–Crippen LogP) is 2.49. The van der Waals surface area contributed by atoms with Gasteiger partial charge < -0.3 is 4.90 Å². The Morgan fingerprint density at radius 2 is 1.61 bits per heavy atom. The highest BCUT2D eigenvalue weighted by Gasteiger charge is 2.28. The van der Waals surface area contributed by atoms with Crippen molar-refractivity contribution < 1.29 is 13.2 Å². The van der Waals surface area contributed by atoms with Crippen molar-refractivity contribution in [1.29, 1.82) is 0 Å². The van der Waals surface area contributed by atoms with Crippen LogP contribution < -0.4 is 0 Å². The summed E-state index contributed by atoms with van der Waals surface area (Å²) in [5.41, 5.74) is 0.555. The molecule has 1 saturated heterocycles. The highest BCUT2D eigenvalue weighted by atomic mass is 32.2. The van der Waals surface area contributed by atoms with Gasteiger partial charge in [-0.3, -0.25) is 4.79 Å². The highest BCUT2D eigenvalue weighted by Crippen LogP contribution is 2.25. The van der Waals surface area contributed by atoms with Crippen molar-refractivity contribution in [1.82, 2.24) is 9.21 Å². The number of rotatable bonds is 4. The average molecular weight is 336 g/mol. The number of nitrogens with zero attached hydrogens (tertiary/aromatic N) is 2. The number of hydrogen-bond acceptors (Lipinski definition) is 3. The third-order valence-electron chi connectivity index (χ3n) is 5.00. The summed E-state index contributed by atoms with van der Waals surface area (Å²) in [4.78, 5) is 14.6. The van der Waals surface area contributed by atoms with Gasteiger partial charge in [-0.05, 0) is 49.9 Å². The Kier molecular flexibility index (Phi) is 4.73. The summed E-state index contributed by atoms with van der Waals surface area (Å²) >= 11 is 0. The molecule has 23 heavy (non-hydrogen) atoms. The fourth-order valence-corrected chi connectivity index (χ4v) is 5.03. The summed E-state index contributed by atoms with van der Waals surface area (Å²) in [7, 11) is -1.57. The molecular weight excluding hydrogens is 312 g/mol. The second-order valence-electron chi connectivity index (χ2n) is 6.49. The Bertz CT molecular complexity index is 658. The number of hydrogen-bond donors (Lipinski definition) is 0. The molecule has 0 N–H and O–H groups in total. The van der Waals surface area contributed by atoms with Crippen molar-refractivity contribution in [2.45, 2.75) is 49.5 Å². The first-order valence-corrected chi connectivity index (χ1v) is 9.81. The molecule has 1 aromatic carbocycles. The summed E-state index contributed by atoms with van der Waals surface area (Å²) < 4.78 is 26.5. The van der Waals surface area contributed by atoms with E-state index < -0.39 is 10.0 Å². The molecule has 1 saturated carbocycles. The number of amides is 1. The van der Waals surface area contributed by atoms with E-state index in [0.717, 1.165) is 25.7 Å². The van der Waals surface area contributed by atoms with E-state index in [4.69, 9.17) is 0 Å². The molecule has 0 radical (unpaired) electrons. The van der Waals surface area contributed by atoms with Crippen LogP contribution in [0.2, 0.25) is 0 Å². The van der Waals surface area contributed by atoms with Gasteiger partial charge in [0.05, 0.1) is 4.90 Å². The Labute approximate surface area is 138 Å². The Balaban J connectivity index is 1.75. The Hall–Kier alpha value is -1.40. The zero-order valence-corrected chi connectivity index (χ0v) is 14.4. The summed E-state index contributed by atoms with van der Waals surface area (Å²) in [5.74, 6) is -0.0259. The average Bonchev–Trinajstić information content (AvgIpc) is 3.26. The molecule has 0 spiro atoms. The van der Waals surface area contributed by atoms with Crippen molar-refractivity contribution >= 4 is 15.9 Å². The van der Waals surface area contributed by atoms with Crippen LogP contribution in [0.4, 0.5) is 0 Å². The molecule has 1 heterocycles. The second kappa shape index (κ2) is 6.61. The number of sulfonamides is 1. The molecule has 126 valence electrons. The van der Waals surface area contributed by atoms with E-state index in [1.54, 1.807) is 29.2 Å². The SMILES string of the molecule is CN(C(=O)c1ccc(S(=O)(=O)N2CCCC2)cc1)C1CCCC1. The fraction of sp³-hybridized carbons (Fsp3) is 0.588. The molecule has 6 heteroatoms. The van der Waals surface area contributed by atoms with Gasteiger partial charge >= 0.3 is 0 Å². The molecule has 2 aliphatic rings. The molecule has 1 aliphatic heterocycles. The lowest BCUT2D eigenvalue weighted by Crippen LogP contribution is -2.35. The van der Waals surface area contributed by atoms with Crippen LogP contribution in [-0.4, -0.2) is 49.7 Å². The summed E-state index contributed by atoms with van der Waals surface area (Å²) in [6.45, 7) is 1.18. The molecule has 3 rings (SSSR count). The number of benzene rings is 1. The number of carbonyl (C=O) groups is 1. The molecule has 1 amide bonds. The zero-order chi connectivity index (χ0) is 16.4. The van der Waals surface area contributed by atoms with Crippen LogP contribution in [0.5, 0.6) is 0 Å². The minimum absolute atomic E-state index is 0.0259. The highest BCUT2D eigenvalue weighted by molar-refractivity contribution is 7.89. The maximum Gasteiger partial charge on any atom is 0.253 e. The lowest BCUT2D eigenvalue weighted by Gasteiger charge is -2.24. The Morgan fingerprint density at radius 3 is 2.17 bits per heavy atom. The predicted molar refractivity (Wildman–Crippen MR) is 88.8 cm³/mol. The molecule has 0 aromatic heterocycles. The molecule has 0 bridgehead atoms. The quantitative estimate of drug-likeness (QED) is 0.849. The van der Waals surface area contributed by atoms with E-state index in [9.17, 15) is 13.2 Å². The van der Waals surface area contributed by atoms with Crippen LogP contribution in [0.25, 0.3) is 0 Å². The van der Waals surface area contributed by atoms with Gasteiger partial charge in [0.15, 0.2) is 0 Å². The van der Waals surface area contributed by atoms with Crippen LogP contribution in [0.15, 0.2) is 29.2 Å². The van der Waals surface area contributed by atoms with Gasteiger partial charge in [0.25, 0.3) is 5.91 Å². The van der Waals surface area contributed by atoms with E-state index in [1.807, 2.05) is 7.05 Å². The van der Waals surface area contributed by atoms with Crippen LogP contribution in [0.3, 0.4) is 0 Å². The molecule has 1 aromatic rings. The first kappa shape index (κ1) is 16.5. The molecule has 1 aliphatic carbocycles. The Morgan fingerprint density at radius 1 is 1.04 bits per heavy atom. The van der Waals surface area contributed by atoms with Gasteiger partial charge in [-0.25, -0.2) is 8.42 Å². The largest absolute Gasteiger partial charge is 0.339 e. The van der Waals surface area contributed by atoms with Gasteiger partial charge in [-0.15, -0.1) is 0 Å². The van der Waals surface area contributed by atoms with Gasteiger partial charge in [-0.1, -0.05) is 12.8 Å². The van der Waals surface area contributed by atoms with Crippen molar-refractivity contribution in [3.63, 3.8) is 0 Å². The summed E-state index contributed by atoms with van der Waals surface area (Å²) in [5, 5.41) is 0. The minimum atomic E-state index is -3.41. The molecule has 5 nitrogen and oxygen atoms in total. The minimum Gasteiger partial charge on any atom is -0.339 e. The van der Waals surface area contributed by atoms with Crippen LogP contribution in [-0.2, 0) is 10.0 Å². The topological polar surface area (TPSA) is 57.7 Å². The third kappa shape index (κ3) is 3.28. The fourth-order valence-electron chi connectivity index (χ4n) is 3.51. The van der Waals surface area contributed by atoms with Gasteiger partial charge in [0.1, 0.15) is 0 Å². The molecule has 0 unspecified atom stereocenters. The van der Waals surface area contributed by atoms with Crippen LogP contribution in [0.1, 0.15) is 48.9 Å². The third-order valence-corrected chi connectivity index (χ3v) is 6.91. The van der Waals surface area contributed by atoms with Gasteiger partial charge in [-0.2, -0.15) is 4.31 Å². The lowest BCUT2D eigenvalue weighted by atomic mass is 10.1. The van der Waals surface area contributed by atoms with Crippen molar-refractivity contribution in [2.24, 2.45) is 0 Å².